The Hall–Kier alpha value is -1.97. The maximum absolute atomic E-state index is 11.4. The Labute approximate surface area is 93.6 Å². The fourth-order valence-electron chi connectivity index (χ4n) is 2.08. The number of methoxy groups -OCH3 is 1. The van der Waals surface area contributed by atoms with Crippen LogP contribution in [-0.2, 0) is 7.05 Å². The molecule has 1 heterocycles. The standard InChI is InChI=1S/C12H14N2O2/c1-7-10(12(13)15)8-5-4-6-9(16-3)11(8)14(7)2/h4-6H,1-3H3,(H2,13,15). The van der Waals surface area contributed by atoms with Gasteiger partial charge in [0, 0.05) is 18.1 Å². The quantitative estimate of drug-likeness (QED) is 0.832. The van der Waals surface area contributed by atoms with Crippen molar-refractivity contribution in [2.24, 2.45) is 12.8 Å². The lowest BCUT2D eigenvalue weighted by molar-refractivity contribution is 0.100. The molecule has 1 aromatic heterocycles. The predicted octanol–water partition coefficient (Wildman–Crippen LogP) is 1.59. The molecule has 0 aliphatic carbocycles. The number of fused-ring (bicyclic) bond motifs is 1. The van der Waals surface area contributed by atoms with E-state index in [0.717, 1.165) is 22.3 Å². The molecule has 0 unspecified atom stereocenters. The monoisotopic (exact) mass is 218 g/mol. The van der Waals surface area contributed by atoms with E-state index in [1.54, 1.807) is 7.11 Å². The highest BCUT2D eigenvalue weighted by molar-refractivity contribution is 6.09. The van der Waals surface area contributed by atoms with Crippen LogP contribution in [0, 0.1) is 6.92 Å². The minimum Gasteiger partial charge on any atom is -0.495 e. The summed E-state index contributed by atoms with van der Waals surface area (Å²) in [6.45, 7) is 1.87. The van der Waals surface area contributed by atoms with Gasteiger partial charge in [0.25, 0.3) is 5.91 Å². The van der Waals surface area contributed by atoms with Gasteiger partial charge in [-0.3, -0.25) is 4.79 Å². The second-order valence-corrected chi connectivity index (χ2v) is 3.74. The number of aromatic nitrogens is 1. The third-order valence-corrected chi connectivity index (χ3v) is 2.93. The van der Waals surface area contributed by atoms with Crippen molar-refractivity contribution in [1.82, 2.24) is 4.57 Å². The van der Waals surface area contributed by atoms with Crippen LogP contribution in [0.15, 0.2) is 18.2 Å². The molecule has 0 spiro atoms. The van der Waals surface area contributed by atoms with Crippen LogP contribution in [0.25, 0.3) is 10.9 Å². The molecule has 0 fully saturated rings. The lowest BCUT2D eigenvalue weighted by Gasteiger charge is -2.04. The van der Waals surface area contributed by atoms with Crippen LogP contribution >= 0.6 is 0 Å². The van der Waals surface area contributed by atoms with Crippen molar-refractivity contribution < 1.29 is 9.53 Å². The summed E-state index contributed by atoms with van der Waals surface area (Å²) in [5.41, 5.74) is 7.71. The van der Waals surface area contributed by atoms with Gasteiger partial charge in [0.1, 0.15) is 5.75 Å². The smallest absolute Gasteiger partial charge is 0.251 e. The molecular weight excluding hydrogens is 204 g/mol. The molecule has 2 N–H and O–H groups in total. The number of benzene rings is 1. The largest absolute Gasteiger partial charge is 0.495 e. The molecule has 2 aromatic rings. The molecule has 16 heavy (non-hydrogen) atoms. The molecule has 4 heteroatoms. The first-order valence-corrected chi connectivity index (χ1v) is 4.99. The van der Waals surface area contributed by atoms with Crippen molar-refractivity contribution in [3.63, 3.8) is 0 Å². The minimum absolute atomic E-state index is 0.406. The zero-order valence-electron chi connectivity index (χ0n) is 9.57. The van der Waals surface area contributed by atoms with E-state index in [-0.39, 0.29) is 0 Å². The number of aryl methyl sites for hydroxylation is 1. The summed E-state index contributed by atoms with van der Waals surface area (Å²) < 4.78 is 7.21. The van der Waals surface area contributed by atoms with Gasteiger partial charge in [-0.1, -0.05) is 12.1 Å². The van der Waals surface area contributed by atoms with Crippen LogP contribution in [0.2, 0.25) is 0 Å². The fraction of sp³-hybridized carbons (Fsp3) is 0.250. The number of carbonyl (C=O) groups excluding carboxylic acids is 1. The van der Waals surface area contributed by atoms with E-state index >= 15 is 0 Å². The third kappa shape index (κ3) is 1.26. The highest BCUT2D eigenvalue weighted by Gasteiger charge is 2.18. The molecule has 0 saturated carbocycles. The van der Waals surface area contributed by atoms with Gasteiger partial charge in [-0.25, -0.2) is 0 Å². The van der Waals surface area contributed by atoms with E-state index in [1.807, 2.05) is 36.7 Å². The Balaban J connectivity index is 2.95. The van der Waals surface area contributed by atoms with E-state index in [0.29, 0.717) is 5.56 Å². The van der Waals surface area contributed by atoms with Crippen molar-refractivity contribution in [2.45, 2.75) is 6.92 Å². The molecule has 0 aliphatic rings. The van der Waals surface area contributed by atoms with Crippen LogP contribution in [0.4, 0.5) is 0 Å². The van der Waals surface area contributed by atoms with Gasteiger partial charge in [-0.2, -0.15) is 0 Å². The number of rotatable bonds is 2. The van der Waals surface area contributed by atoms with Gasteiger partial charge < -0.3 is 15.0 Å². The molecule has 0 radical (unpaired) electrons. The van der Waals surface area contributed by atoms with Crippen molar-refractivity contribution in [3.05, 3.63) is 29.5 Å². The third-order valence-electron chi connectivity index (χ3n) is 2.93. The number of amides is 1. The molecular formula is C12H14N2O2. The van der Waals surface area contributed by atoms with Crippen LogP contribution in [-0.4, -0.2) is 17.6 Å². The number of hydrogen-bond acceptors (Lipinski definition) is 2. The second kappa shape index (κ2) is 3.56. The first-order valence-electron chi connectivity index (χ1n) is 4.99. The number of nitrogens with zero attached hydrogens (tertiary/aromatic N) is 1. The van der Waals surface area contributed by atoms with Crippen LogP contribution in [0.5, 0.6) is 5.75 Å². The number of para-hydroxylation sites is 1. The van der Waals surface area contributed by atoms with Crippen molar-refractivity contribution in [3.8, 4) is 5.75 Å². The molecule has 0 bridgehead atoms. The van der Waals surface area contributed by atoms with Crippen LogP contribution in [0.3, 0.4) is 0 Å². The maximum atomic E-state index is 11.4. The summed E-state index contributed by atoms with van der Waals surface area (Å²) in [4.78, 5) is 11.4. The Bertz CT molecular complexity index is 570. The van der Waals surface area contributed by atoms with E-state index in [2.05, 4.69) is 0 Å². The Kier molecular flexibility index (Phi) is 2.34. The summed E-state index contributed by atoms with van der Waals surface area (Å²) in [5, 5.41) is 0.840. The molecule has 84 valence electrons. The highest BCUT2D eigenvalue weighted by atomic mass is 16.5. The molecule has 0 saturated heterocycles. The van der Waals surface area contributed by atoms with Gasteiger partial charge in [0.15, 0.2) is 0 Å². The van der Waals surface area contributed by atoms with Crippen LogP contribution in [0.1, 0.15) is 16.1 Å². The zero-order chi connectivity index (χ0) is 11.9. The molecule has 1 aromatic carbocycles. The summed E-state index contributed by atoms with van der Waals surface area (Å²) in [7, 11) is 3.51. The summed E-state index contributed by atoms with van der Waals surface area (Å²) in [6.07, 6.45) is 0. The van der Waals surface area contributed by atoms with E-state index in [9.17, 15) is 4.79 Å². The minimum atomic E-state index is -0.406. The highest BCUT2D eigenvalue weighted by Crippen LogP contribution is 2.31. The molecule has 1 amide bonds. The van der Waals surface area contributed by atoms with E-state index < -0.39 is 5.91 Å². The Morgan fingerprint density at radius 2 is 2.12 bits per heavy atom. The second-order valence-electron chi connectivity index (χ2n) is 3.74. The number of nitrogens with two attached hydrogens (primary N) is 1. The van der Waals surface area contributed by atoms with E-state index in [1.165, 1.54) is 0 Å². The average molecular weight is 218 g/mol. The Morgan fingerprint density at radius 3 is 2.69 bits per heavy atom. The average Bonchev–Trinajstić information content (AvgIpc) is 2.51. The topological polar surface area (TPSA) is 57.2 Å². The Morgan fingerprint density at radius 1 is 1.44 bits per heavy atom. The first-order chi connectivity index (χ1) is 7.57. The van der Waals surface area contributed by atoms with Crippen molar-refractivity contribution >= 4 is 16.8 Å². The van der Waals surface area contributed by atoms with Gasteiger partial charge in [0.2, 0.25) is 0 Å². The zero-order valence-corrected chi connectivity index (χ0v) is 9.57. The summed E-state index contributed by atoms with van der Waals surface area (Å²) >= 11 is 0. The SMILES string of the molecule is COc1cccc2c(C(N)=O)c(C)n(C)c12. The number of ether oxygens (including phenoxy) is 1. The van der Waals surface area contributed by atoms with E-state index in [4.69, 9.17) is 10.5 Å². The maximum Gasteiger partial charge on any atom is 0.251 e. The molecule has 2 rings (SSSR count). The van der Waals surface area contributed by atoms with Gasteiger partial charge in [-0.15, -0.1) is 0 Å². The molecule has 0 aliphatic heterocycles. The van der Waals surface area contributed by atoms with Crippen molar-refractivity contribution in [1.29, 1.82) is 0 Å². The molecule has 4 nitrogen and oxygen atoms in total. The predicted molar refractivity (Wildman–Crippen MR) is 62.7 cm³/mol. The summed E-state index contributed by atoms with van der Waals surface area (Å²) in [6, 6.07) is 5.60. The fourth-order valence-corrected chi connectivity index (χ4v) is 2.08. The van der Waals surface area contributed by atoms with Crippen LogP contribution < -0.4 is 10.5 Å². The number of carbonyl (C=O) groups is 1. The van der Waals surface area contributed by atoms with Crippen molar-refractivity contribution in [2.75, 3.05) is 7.11 Å². The number of hydrogen-bond donors (Lipinski definition) is 1. The normalized spacial score (nSPS) is 10.7. The first kappa shape index (κ1) is 10.5. The lowest BCUT2D eigenvalue weighted by atomic mass is 10.1. The lowest BCUT2D eigenvalue weighted by Crippen LogP contribution is -2.12. The number of primary amides is 1. The van der Waals surface area contributed by atoms with Gasteiger partial charge in [-0.05, 0) is 13.0 Å². The molecule has 0 atom stereocenters. The summed E-state index contributed by atoms with van der Waals surface area (Å²) in [5.74, 6) is 0.340. The van der Waals surface area contributed by atoms with Gasteiger partial charge in [0.05, 0.1) is 18.2 Å². The van der Waals surface area contributed by atoms with Gasteiger partial charge >= 0.3 is 0 Å².